The molecule has 5 nitrogen and oxygen atoms in total. The number of benzene rings is 2. The van der Waals surface area contributed by atoms with Crippen molar-refractivity contribution >= 4 is 21.6 Å². The summed E-state index contributed by atoms with van der Waals surface area (Å²) in [6.45, 7) is 1.89. The number of carbonyl (C=O) groups excluding carboxylic acids is 1. The van der Waals surface area contributed by atoms with Crippen LogP contribution in [-0.2, 0) is 10.0 Å². The zero-order valence-corrected chi connectivity index (χ0v) is 11.6. The number of nitrogens with one attached hydrogen (secondary N) is 1. The molecule has 0 spiro atoms. The Hall–Kier alpha value is -2.18. The first-order chi connectivity index (χ1) is 9.36. The van der Waals surface area contributed by atoms with Gasteiger partial charge in [0.1, 0.15) is 0 Å². The third kappa shape index (κ3) is 3.43. The highest BCUT2D eigenvalue weighted by Crippen LogP contribution is 2.15. The van der Waals surface area contributed by atoms with Gasteiger partial charge in [0.25, 0.3) is 5.91 Å². The van der Waals surface area contributed by atoms with Crippen molar-refractivity contribution < 1.29 is 13.2 Å². The normalized spacial score (nSPS) is 11.1. The molecule has 0 aliphatic rings. The molecule has 0 aromatic heterocycles. The highest BCUT2D eigenvalue weighted by Gasteiger charge is 2.10. The van der Waals surface area contributed by atoms with E-state index >= 15 is 0 Å². The Morgan fingerprint density at radius 2 is 1.80 bits per heavy atom. The van der Waals surface area contributed by atoms with Gasteiger partial charge in [0, 0.05) is 11.3 Å². The van der Waals surface area contributed by atoms with Crippen LogP contribution in [0.1, 0.15) is 15.9 Å². The number of sulfonamides is 1. The predicted molar refractivity (Wildman–Crippen MR) is 76.9 cm³/mol. The number of rotatable bonds is 3. The molecule has 2 aromatic carbocycles. The number of carbonyl (C=O) groups is 1. The topological polar surface area (TPSA) is 89.3 Å². The molecule has 2 aromatic rings. The summed E-state index contributed by atoms with van der Waals surface area (Å²) in [6.07, 6.45) is 0. The van der Waals surface area contributed by atoms with Crippen LogP contribution in [0, 0.1) is 6.92 Å². The van der Waals surface area contributed by atoms with Gasteiger partial charge in [-0.15, -0.1) is 0 Å². The Morgan fingerprint density at radius 1 is 1.10 bits per heavy atom. The van der Waals surface area contributed by atoms with Gasteiger partial charge in [-0.2, -0.15) is 0 Å². The number of amides is 1. The molecule has 0 unspecified atom stereocenters. The van der Waals surface area contributed by atoms with Crippen LogP contribution in [0.5, 0.6) is 0 Å². The van der Waals surface area contributed by atoms with E-state index in [9.17, 15) is 13.2 Å². The van der Waals surface area contributed by atoms with Crippen molar-refractivity contribution in [2.24, 2.45) is 5.14 Å². The number of hydrogen-bond acceptors (Lipinski definition) is 3. The zero-order valence-electron chi connectivity index (χ0n) is 10.8. The van der Waals surface area contributed by atoms with Crippen LogP contribution in [0.15, 0.2) is 53.4 Å². The van der Waals surface area contributed by atoms with Crippen LogP contribution in [0.4, 0.5) is 5.69 Å². The lowest BCUT2D eigenvalue weighted by Crippen LogP contribution is -2.14. The fourth-order valence-corrected chi connectivity index (χ4v) is 2.30. The third-order valence-electron chi connectivity index (χ3n) is 2.70. The number of anilines is 1. The number of nitrogens with two attached hydrogens (primary N) is 1. The lowest BCUT2D eigenvalue weighted by atomic mass is 10.1. The van der Waals surface area contributed by atoms with E-state index in [1.54, 1.807) is 24.3 Å². The lowest BCUT2D eigenvalue weighted by molar-refractivity contribution is 0.102. The zero-order chi connectivity index (χ0) is 14.8. The van der Waals surface area contributed by atoms with Crippen LogP contribution in [0.3, 0.4) is 0 Å². The second-order valence-corrected chi connectivity index (χ2v) is 5.96. The van der Waals surface area contributed by atoms with Gasteiger partial charge in [0.05, 0.1) is 4.90 Å². The Bertz CT molecular complexity index is 755. The molecule has 0 bridgehead atoms. The van der Waals surface area contributed by atoms with Gasteiger partial charge < -0.3 is 5.32 Å². The predicted octanol–water partition coefficient (Wildman–Crippen LogP) is 1.89. The Kier molecular flexibility index (Phi) is 3.87. The number of hydrogen-bond donors (Lipinski definition) is 2. The van der Waals surface area contributed by atoms with Gasteiger partial charge in [-0.05, 0) is 37.3 Å². The molecule has 0 aliphatic heterocycles. The van der Waals surface area contributed by atoms with Gasteiger partial charge in [0.2, 0.25) is 10.0 Å². The molecule has 0 heterocycles. The summed E-state index contributed by atoms with van der Waals surface area (Å²) in [5, 5.41) is 7.69. The molecule has 0 fully saturated rings. The molecular formula is C14H14N2O3S. The lowest BCUT2D eigenvalue weighted by Gasteiger charge is -2.07. The van der Waals surface area contributed by atoms with Gasteiger partial charge in [-0.3, -0.25) is 4.79 Å². The summed E-state index contributed by atoms with van der Waals surface area (Å²) in [5.41, 5.74) is 1.85. The van der Waals surface area contributed by atoms with Crippen molar-refractivity contribution in [2.45, 2.75) is 11.8 Å². The number of aryl methyl sites for hydroxylation is 1. The Morgan fingerprint density at radius 3 is 2.45 bits per heavy atom. The van der Waals surface area contributed by atoms with Crippen LogP contribution in [-0.4, -0.2) is 14.3 Å². The first kappa shape index (κ1) is 14.2. The molecule has 0 atom stereocenters. The summed E-state index contributed by atoms with van der Waals surface area (Å²) >= 11 is 0. The van der Waals surface area contributed by atoms with E-state index in [1.165, 1.54) is 18.2 Å². The van der Waals surface area contributed by atoms with Crippen molar-refractivity contribution in [1.29, 1.82) is 0 Å². The molecular weight excluding hydrogens is 276 g/mol. The fraction of sp³-hybridized carbons (Fsp3) is 0.0714. The van der Waals surface area contributed by atoms with E-state index in [2.05, 4.69) is 5.32 Å². The fourth-order valence-electron chi connectivity index (χ4n) is 1.74. The summed E-state index contributed by atoms with van der Waals surface area (Å²) in [4.78, 5) is 12.0. The van der Waals surface area contributed by atoms with Gasteiger partial charge in [-0.25, -0.2) is 13.6 Å². The maximum Gasteiger partial charge on any atom is 0.255 e. The van der Waals surface area contributed by atoms with Crippen molar-refractivity contribution in [1.82, 2.24) is 0 Å². The van der Waals surface area contributed by atoms with E-state index in [1.807, 2.05) is 13.0 Å². The van der Waals surface area contributed by atoms with Crippen molar-refractivity contribution in [2.75, 3.05) is 5.32 Å². The first-order valence-corrected chi connectivity index (χ1v) is 7.42. The summed E-state index contributed by atoms with van der Waals surface area (Å²) in [5.74, 6) is -0.305. The minimum absolute atomic E-state index is 0.0421. The summed E-state index contributed by atoms with van der Waals surface area (Å²) in [7, 11) is -3.78. The van der Waals surface area contributed by atoms with E-state index < -0.39 is 10.0 Å². The highest BCUT2D eigenvalue weighted by molar-refractivity contribution is 7.89. The quantitative estimate of drug-likeness (QED) is 0.904. The molecule has 0 aliphatic carbocycles. The maximum atomic E-state index is 12.0. The van der Waals surface area contributed by atoms with E-state index in [0.717, 1.165) is 5.56 Å². The Balaban J connectivity index is 2.25. The standard InChI is InChI=1S/C14H14N2O3S/c1-10-4-2-5-11(8-10)14(17)16-12-6-3-7-13(9-12)20(15,18)19/h2-9H,1H3,(H,16,17)(H2,15,18,19). The minimum atomic E-state index is -3.78. The average Bonchev–Trinajstić information content (AvgIpc) is 2.38. The van der Waals surface area contributed by atoms with Gasteiger partial charge >= 0.3 is 0 Å². The molecule has 0 saturated carbocycles. The molecule has 2 rings (SSSR count). The summed E-state index contributed by atoms with van der Waals surface area (Å²) < 4.78 is 22.5. The van der Waals surface area contributed by atoms with E-state index in [0.29, 0.717) is 11.3 Å². The van der Waals surface area contributed by atoms with Gasteiger partial charge in [-0.1, -0.05) is 23.8 Å². The molecule has 3 N–H and O–H groups in total. The number of primary sulfonamides is 1. The maximum absolute atomic E-state index is 12.0. The van der Waals surface area contributed by atoms with E-state index in [4.69, 9.17) is 5.14 Å². The molecule has 0 saturated heterocycles. The van der Waals surface area contributed by atoms with Crippen molar-refractivity contribution in [3.05, 3.63) is 59.7 Å². The monoisotopic (exact) mass is 290 g/mol. The second-order valence-electron chi connectivity index (χ2n) is 4.40. The largest absolute Gasteiger partial charge is 0.322 e. The van der Waals surface area contributed by atoms with Crippen molar-refractivity contribution in [3.8, 4) is 0 Å². The molecule has 104 valence electrons. The SMILES string of the molecule is Cc1cccc(C(=O)Nc2cccc(S(N)(=O)=O)c2)c1. The summed E-state index contributed by atoms with van der Waals surface area (Å²) in [6, 6.07) is 12.9. The van der Waals surface area contributed by atoms with Crippen LogP contribution < -0.4 is 10.5 Å². The molecule has 20 heavy (non-hydrogen) atoms. The molecule has 0 radical (unpaired) electrons. The van der Waals surface area contributed by atoms with Gasteiger partial charge in [0.15, 0.2) is 0 Å². The second kappa shape index (κ2) is 5.44. The van der Waals surface area contributed by atoms with Crippen LogP contribution >= 0.6 is 0 Å². The Labute approximate surface area is 117 Å². The third-order valence-corrected chi connectivity index (χ3v) is 3.61. The van der Waals surface area contributed by atoms with Crippen LogP contribution in [0.2, 0.25) is 0 Å². The van der Waals surface area contributed by atoms with E-state index in [-0.39, 0.29) is 10.8 Å². The molecule has 6 heteroatoms. The first-order valence-electron chi connectivity index (χ1n) is 5.87. The molecule has 1 amide bonds. The van der Waals surface area contributed by atoms with Crippen molar-refractivity contribution in [3.63, 3.8) is 0 Å². The minimum Gasteiger partial charge on any atom is -0.322 e. The smallest absolute Gasteiger partial charge is 0.255 e. The van der Waals surface area contributed by atoms with Crippen LogP contribution in [0.25, 0.3) is 0 Å². The average molecular weight is 290 g/mol. The highest BCUT2D eigenvalue weighted by atomic mass is 32.2.